The molecule has 0 unspecified atom stereocenters. The van der Waals surface area contributed by atoms with Gasteiger partial charge in [-0.1, -0.05) is 11.6 Å². The quantitative estimate of drug-likeness (QED) is 0.829. The fourth-order valence-electron chi connectivity index (χ4n) is 1.37. The van der Waals surface area contributed by atoms with E-state index in [1.807, 2.05) is 32.0 Å². The minimum absolute atomic E-state index is 0.483. The molecular formula is C11H11ClN4S2. The molecule has 0 amide bonds. The Bertz CT molecular complexity index is 582. The molecule has 0 aliphatic heterocycles. The number of anilines is 2. The standard InChI is InChI=1S/C11H11ClN4S2/c1-6-5-8(12)3-4-9(6)14-10(17)15-11-13-7(2)16-18-11/h3-5H,1-2H3,(H2,13,14,15,16,17). The van der Waals surface area contributed by atoms with Crippen LogP contribution in [-0.4, -0.2) is 14.5 Å². The van der Waals surface area contributed by atoms with Gasteiger partial charge >= 0.3 is 0 Å². The van der Waals surface area contributed by atoms with Gasteiger partial charge in [0.05, 0.1) is 0 Å². The van der Waals surface area contributed by atoms with E-state index in [4.69, 9.17) is 23.8 Å². The summed E-state index contributed by atoms with van der Waals surface area (Å²) in [5, 5.41) is 7.95. The average molecular weight is 299 g/mol. The van der Waals surface area contributed by atoms with E-state index < -0.39 is 0 Å². The zero-order valence-electron chi connectivity index (χ0n) is 9.82. The third kappa shape index (κ3) is 3.38. The lowest BCUT2D eigenvalue weighted by molar-refractivity contribution is 1.17. The number of nitrogens with zero attached hydrogens (tertiary/aromatic N) is 2. The normalized spacial score (nSPS) is 10.2. The van der Waals surface area contributed by atoms with Crippen LogP contribution in [0.2, 0.25) is 5.02 Å². The maximum absolute atomic E-state index is 5.89. The van der Waals surface area contributed by atoms with Crippen LogP contribution in [0, 0.1) is 13.8 Å². The molecule has 18 heavy (non-hydrogen) atoms. The minimum atomic E-state index is 0.483. The fourth-order valence-corrected chi connectivity index (χ4v) is 2.44. The first-order valence-corrected chi connectivity index (χ1v) is 6.75. The predicted octanol–water partition coefficient (Wildman–Crippen LogP) is 3.62. The first-order chi connectivity index (χ1) is 8.54. The van der Waals surface area contributed by atoms with Crippen molar-refractivity contribution in [1.29, 1.82) is 0 Å². The van der Waals surface area contributed by atoms with E-state index in [1.165, 1.54) is 11.5 Å². The first-order valence-electron chi connectivity index (χ1n) is 5.19. The van der Waals surface area contributed by atoms with Gasteiger partial charge in [-0.2, -0.15) is 4.37 Å². The molecule has 0 bridgehead atoms. The summed E-state index contributed by atoms with van der Waals surface area (Å²) in [6.07, 6.45) is 0. The Hall–Kier alpha value is -1.24. The molecule has 0 saturated carbocycles. The van der Waals surface area contributed by atoms with Crippen molar-refractivity contribution in [2.45, 2.75) is 13.8 Å². The molecule has 94 valence electrons. The number of nitrogens with one attached hydrogen (secondary N) is 2. The molecule has 2 rings (SSSR count). The number of thiocarbonyl (C=S) groups is 1. The highest BCUT2D eigenvalue weighted by molar-refractivity contribution is 7.80. The third-order valence-electron chi connectivity index (χ3n) is 2.18. The van der Waals surface area contributed by atoms with Crippen molar-refractivity contribution in [2.24, 2.45) is 0 Å². The maximum Gasteiger partial charge on any atom is 0.208 e. The third-order valence-corrected chi connectivity index (χ3v) is 3.35. The van der Waals surface area contributed by atoms with Crippen LogP contribution >= 0.6 is 35.4 Å². The van der Waals surface area contributed by atoms with Gasteiger partial charge in [0.25, 0.3) is 0 Å². The number of hydrogen-bond acceptors (Lipinski definition) is 4. The van der Waals surface area contributed by atoms with E-state index in [0.29, 0.717) is 15.3 Å². The van der Waals surface area contributed by atoms with Gasteiger partial charge in [-0.25, -0.2) is 4.98 Å². The van der Waals surface area contributed by atoms with Crippen LogP contribution < -0.4 is 10.6 Å². The average Bonchev–Trinajstić information content (AvgIpc) is 2.68. The lowest BCUT2D eigenvalue weighted by atomic mass is 10.2. The van der Waals surface area contributed by atoms with Gasteiger partial charge in [0, 0.05) is 22.2 Å². The van der Waals surface area contributed by atoms with Crippen molar-refractivity contribution in [3.05, 3.63) is 34.6 Å². The molecular weight excluding hydrogens is 288 g/mol. The summed E-state index contributed by atoms with van der Waals surface area (Å²) < 4.78 is 4.07. The Morgan fingerprint density at radius 3 is 2.72 bits per heavy atom. The highest BCUT2D eigenvalue weighted by Gasteiger charge is 2.05. The number of aromatic nitrogens is 2. The van der Waals surface area contributed by atoms with Gasteiger partial charge < -0.3 is 10.6 Å². The van der Waals surface area contributed by atoms with Crippen LogP contribution in [0.4, 0.5) is 10.8 Å². The van der Waals surface area contributed by atoms with Gasteiger partial charge in [0.15, 0.2) is 5.11 Å². The number of aryl methyl sites for hydroxylation is 2. The molecule has 1 aromatic carbocycles. The van der Waals surface area contributed by atoms with Crippen LogP contribution in [0.15, 0.2) is 18.2 Å². The van der Waals surface area contributed by atoms with Crippen molar-refractivity contribution in [3.63, 3.8) is 0 Å². The second-order valence-electron chi connectivity index (χ2n) is 3.69. The zero-order chi connectivity index (χ0) is 13.1. The van der Waals surface area contributed by atoms with E-state index in [2.05, 4.69) is 20.0 Å². The summed E-state index contributed by atoms with van der Waals surface area (Å²) >= 11 is 12.4. The Morgan fingerprint density at radius 2 is 2.11 bits per heavy atom. The van der Waals surface area contributed by atoms with Crippen LogP contribution in [0.3, 0.4) is 0 Å². The zero-order valence-corrected chi connectivity index (χ0v) is 12.2. The first kappa shape index (κ1) is 13.2. The summed E-state index contributed by atoms with van der Waals surface area (Å²) in [6, 6.07) is 5.58. The molecule has 0 atom stereocenters. The molecule has 0 radical (unpaired) electrons. The van der Waals surface area contributed by atoms with Crippen molar-refractivity contribution in [3.8, 4) is 0 Å². The second kappa shape index (κ2) is 5.60. The smallest absolute Gasteiger partial charge is 0.208 e. The summed E-state index contributed by atoms with van der Waals surface area (Å²) in [5.41, 5.74) is 1.94. The highest BCUT2D eigenvalue weighted by Crippen LogP contribution is 2.20. The van der Waals surface area contributed by atoms with E-state index in [0.717, 1.165) is 17.1 Å². The second-order valence-corrected chi connectivity index (χ2v) is 5.28. The van der Waals surface area contributed by atoms with Gasteiger partial charge in [-0.05, 0) is 49.8 Å². The van der Waals surface area contributed by atoms with Gasteiger partial charge in [-0.15, -0.1) is 0 Å². The Morgan fingerprint density at radius 1 is 1.33 bits per heavy atom. The number of rotatable bonds is 2. The molecule has 0 spiro atoms. The Labute approximate surface area is 120 Å². The van der Waals surface area contributed by atoms with E-state index in [1.54, 1.807) is 0 Å². The van der Waals surface area contributed by atoms with E-state index in [9.17, 15) is 0 Å². The Kier molecular flexibility index (Phi) is 4.11. The predicted molar refractivity (Wildman–Crippen MR) is 80.7 cm³/mol. The summed E-state index contributed by atoms with van der Waals surface area (Å²) in [4.78, 5) is 4.18. The number of halogens is 1. The van der Waals surface area contributed by atoms with Crippen molar-refractivity contribution in [1.82, 2.24) is 9.36 Å². The molecule has 4 nitrogen and oxygen atoms in total. The summed E-state index contributed by atoms with van der Waals surface area (Å²) in [5.74, 6) is 0.730. The molecule has 2 N–H and O–H groups in total. The number of benzene rings is 1. The molecule has 2 aromatic rings. The van der Waals surface area contributed by atoms with Crippen LogP contribution in [-0.2, 0) is 0 Å². The van der Waals surface area contributed by atoms with Gasteiger partial charge in [0.1, 0.15) is 5.82 Å². The maximum atomic E-state index is 5.89. The lowest BCUT2D eigenvalue weighted by Crippen LogP contribution is -2.19. The molecule has 0 aliphatic carbocycles. The van der Waals surface area contributed by atoms with Gasteiger partial charge in [0.2, 0.25) is 5.13 Å². The topological polar surface area (TPSA) is 49.8 Å². The van der Waals surface area contributed by atoms with Crippen molar-refractivity contribution >= 4 is 51.3 Å². The molecule has 1 aromatic heterocycles. The monoisotopic (exact) mass is 298 g/mol. The summed E-state index contributed by atoms with van der Waals surface area (Å²) in [6.45, 7) is 3.80. The van der Waals surface area contributed by atoms with E-state index in [-0.39, 0.29) is 0 Å². The fraction of sp³-hybridized carbons (Fsp3) is 0.182. The minimum Gasteiger partial charge on any atom is -0.332 e. The molecule has 0 saturated heterocycles. The lowest BCUT2D eigenvalue weighted by Gasteiger charge is -2.10. The molecule has 7 heteroatoms. The summed E-state index contributed by atoms with van der Waals surface area (Å²) in [7, 11) is 0. The van der Waals surface area contributed by atoms with E-state index >= 15 is 0 Å². The molecule has 1 heterocycles. The van der Waals surface area contributed by atoms with Crippen LogP contribution in [0.25, 0.3) is 0 Å². The number of hydrogen-bond donors (Lipinski definition) is 2. The van der Waals surface area contributed by atoms with Crippen LogP contribution in [0.1, 0.15) is 11.4 Å². The molecule has 0 aliphatic rings. The van der Waals surface area contributed by atoms with Gasteiger partial charge in [-0.3, -0.25) is 0 Å². The van der Waals surface area contributed by atoms with Crippen molar-refractivity contribution < 1.29 is 0 Å². The molecule has 0 fully saturated rings. The largest absolute Gasteiger partial charge is 0.332 e. The Balaban J connectivity index is 2.03. The van der Waals surface area contributed by atoms with Crippen LogP contribution in [0.5, 0.6) is 0 Å². The highest BCUT2D eigenvalue weighted by atomic mass is 35.5. The SMILES string of the molecule is Cc1nsc(NC(=S)Nc2ccc(Cl)cc2C)n1. The van der Waals surface area contributed by atoms with Crippen molar-refractivity contribution in [2.75, 3.05) is 10.6 Å².